The summed E-state index contributed by atoms with van der Waals surface area (Å²) in [5, 5.41) is 3.38. The van der Waals surface area contributed by atoms with E-state index < -0.39 is 0 Å². The standard InChI is InChI=1S/C19H18N2O3/c22-18-16-5-1-2-6-17(16)19(23)21(18)14-7-9-15(10-8-14)24-12-13-4-3-11-20-13/h1-2,5-10,13,20H,3-4,11-12H2. The van der Waals surface area contributed by atoms with Crippen molar-refractivity contribution in [1.82, 2.24) is 5.32 Å². The lowest BCUT2D eigenvalue weighted by molar-refractivity contribution is 0.0926. The SMILES string of the molecule is O=C1c2ccccc2C(=O)N1c1ccc(OCC2CCCN2)cc1. The fraction of sp³-hybridized carbons (Fsp3) is 0.263. The Hall–Kier alpha value is -2.66. The van der Waals surface area contributed by atoms with Crippen LogP contribution in [0.25, 0.3) is 0 Å². The number of hydrogen-bond acceptors (Lipinski definition) is 4. The molecule has 4 rings (SSSR count). The van der Waals surface area contributed by atoms with Gasteiger partial charge in [-0.25, -0.2) is 4.90 Å². The molecule has 2 aliphatic heterocycles. The third-order valence-corrected chi connectivity index (χ3v) is 4.50. The molecule has 2 heterocycles. The van der Waals surface area contributed by atoms with Crippen LogP contribution >= 0.6 is 0 Å². The molecule has 0 bridgehead atoms. The lowest BCUT2D eigenvalue weighted by Gasteiger charge is -2.15. The minimum Gasteiger partial charge on any atom is -0.492 e. The van der Waals surface area contributed by atoms with Crippen LogP contribution < -0.4 is 15.0 Å². The molecule has 1 N–H and O–H groups in total. The van der Waals surface area contributed by atoms with Crippen LogP contribution in [-0.2, 0) is 0 Å². The number of fused-ring (bicyclic) bond motifs is 1. The number of carbonyl (C=O) groups is 2. The first-order valence-electron chi connectivity index (χ1n) is 8.18. The molecule has 1 fully saturated rings. The third kappa shape index (κ3) is 2.57. The molecule has 0 aliphatic carbocycles. The van der Waals surface area contributed by atoms with Gasteiger partial charge in [-0.3, -0.25) is 9.59 Å². The van der Waals surface area contributed by atoms with Gasteiger partial charge < -0.3 is 10.1 Å². The van der Waals surface area contributed by atoms with Crippen molar-refractivity contribution in [3.8, 4) is 5.75 Å². The highest BCUT2D eigenvalue weighted by Crippen LogP contribution is 2.29. The molecule has 0 saturated carbocycles. The number of imide groups is 1. The number of nitrogens with zero attached hydrogens (tertiary/aromatic N) is 1. The minimum atomic E-state index is -0.278. The second kappa shape index (κ2) is 6.09. The van der Waals surface area contributed by atoms with Crippen LogP contribution in [-0.4, -0.2) is 31.0 Å². The van der Waals surface area contributed by atoms with Crippen LogP contribution in [0.1, 0.15) is 33.6 Å². The zero-order valence-electron chi connectivity index (χ0n) is 13.2. The van der Waals surface area contributed by atoms with E-state index in [-0.39, 0.29) is 11.8 Å². The Labute approximate surface area is 140 Å². The van der Waals surface area contributed by atoms with Crippen molar-refractivity contribution < 1.29 is 14.3 Å². The fourth-order valence-corrected chi connectivity index (χ4v) is 3.21. The van der Waals surface area contributed by atoms with E-state index in [1.165, 1.54) is 11.3 Å². The Morgan fingerprint density at radius 1 is 1.00 bits per heavy atom. The molecular weight excluding hydrogens is 304 g/mol. The Kier molecular flexibility index (Phi) is 3.78. The van der Waals surface area contributed by atoms with Crippen molar-refractivity contribution in [2.45, 2.75) is 18.9 Å². The van der Waals surface area contributed by atoms with Crippen LogP contribution in [0.3, 0.4) is 0 Å². The number of carbonyl (C=O) groups excluding carboxylic acids is 2. The van der Waals surface area contributed by atoms with Gasteiger partial charge in [0.2, 0.25) is 0 Å². The molecule has 24 heavy (non-hydrogen) atoms. The molecule has 0 aromatic heterocycles. The number of ether oxygens (including phenoxy) is 1. The second-order valence-corrected chi connectivity index (χ2v) is 6.09. The molecule has 2 aromatic rings. The molecule has 1 unspecified atom stereocenters. The molecule has 2 amide bonds. The fourth-order valence-electron chi connectivity index (χ4n) is 3.21. The van der Waals surface area contributed by atoms with E-state index in [9.17, 15) is 9.59 Å². The molecule has 5 heteroatoms. The normalized spacial score (nSPS) is 19.7. The maximum Gasteiger partial charge on any atom is 0.266 e. The zero-order chi connectivity index (χ0) is 16.5. The summed E-state index contributed by atoms with van der Waals surface area (Å²) in [5.74, 6) is 0.183. The van der Waals surface area contributed by atoms with Gasteiger partial charge in [0.1, 0.15) is 12.4 Å². The molecule has 5 nitrogen and oxygen atoms in total. The van der Waals surface area contributed by atoms with Gasteiger partial charge in [-0.2, -0.15) is 0 Å². The van der Waals surface area contributed by atoms with Gasteiger partial charge in [0.05, 0.1) is 16.8 Å². The van der Waals surface area contributed by atoms with Crippen molar-refractivity contribution >= 4 is 17.5 Å². The second-order valence-electron chi connectivity index (χ2n) is 6.09. The molecule has 122 valence electrons. The Balaban J connectivity index is 1.49. The number of anilines is 1. The van der Waals surface area contributed by atoms with Crippen LogP contribution in [0.2, 0.25) is 0 Å². The first-order valence-corrected chi connectivity index (χ1v) is 8.18. The molecule has 0 radical (unpaired) electrons. The average molecular weight is 322 g/mol. The maximum absolute atomic E-state index is 12.5. The summed E-state index contributed by atoms with van der Waals surface area (Å²) in [7, 11) is 0. The van der Waals surface area contributed by atoms with E-state index >= 15 is 0 Å². The van der Waals surface area contributed by atoms with Gasteiger partial charge in [-0.05, 0) is 55.8 Å². The topological polar surface area (TPSA) is 58.6 Å². The molecule has 2 aromatic carbocycles. The first kappa shape index (κ1) is 14.9. The Morgan fingerprint density at radius 3 is 2.25 bits per heavy atom. The molecule has 2 aliphatic rings. The van der Waals surface area contributed by atoms with E-state index in [4.69, 9.17) is 4.74 Å². The van der Waals surface area contributed by atoms with Crippen LogP contribution in [0, 0.1) is 0 Å². The van der Waals surface area contributed by atoms with E-state index in [0.717, 1.165) is 18.7 Å². The van der Waals surface area contributed by atoms with Gasteiger partial charge in [0, 0.05) is 6.04 Å². The number of amides is 2. The van der Waals surface area contributed by atoms with Crippen molar-refractivity contribution in [1.29, 1.82) is 0 Å². The predicted molar refractivity (Wildman–Crippen MR) is 90.5 cm³/mol. The van der Waals surface area contributed by atoms with Gasteiger partial charge in [-0.15, -0.1) is 0 Å². The molecular formula is C19H18N2O3. The highest BCUT2D eigenvalue weighted by Gasteiger charge is 2.36. The number of hydrogen-bond donors (Lipinski definition) is 1. The Morgan fingerprint density at radius 2 is 1.67 bits per heavy atom. The smallest absolute Gasteiger partial charge is 0.266 e. The van der Waals surface area contributed by atoms with E-state index in [1.807, 2.05) is 0 Å². The number of rotatable bonds is 4. The molecule has 1 atom stereocenters. The molecule has 0 spiro atoms. The number of benzene rings is 2. The van der Waals surface area contributed by atoms with Crippen molar-refractivity contribution in [3.63, 3.8) is 0 Å². The van der Waals surface area contributed by atoms with Crippen molar-refractivity contribution in [3.05, 3.63) is 59.7 Å². The van der Waals surface area contributed by atoms with Crippen LogP contribution in [0.5, 0.6) is 5.75 Å². The van der Waals surface area contributed by atoms with Gasteiger partial charge >= 0.3 is 0 Å². The monoisotopic (exact) mass is 322 g/mol. The van der Waals surface area contributed by atoms with E-state index in [2.05, 4.69) is 5.32 Å². The van der Waals surface area contributed by atoms with E-state index in [0.29, 0.717) is 29.5 Å². The highest BCUT2D eigenvalue weighted by atomic mass is 16.5. The van der Waals surface area contributed by atoms with E-state index in [1.54, 1.807) is 48.5 Å². The summed E-state index contributed by atoms with van der Waals surface area (Å²) in [6, 6.07) is 14.4. The summed E-state index contributed by atoms with van der Waals surface area (Å²) < 4.78 is 5.77. The highest BCUT2D eigenvalue weighted by molar-refractivity contribution is 6.34. The summed E-state index contributed by atoms with van der Waals surface area (Å²) in [6.07, 6.45) is 2.32. The average Bonchev–Trinajstić information content (AvgIpc) is 3.22. The van der Waals surface area contributed by atoms with Gasteiger partial charge in [0.15, 0.2) is 0 Å². The minimum absolute atomic E-state index is 0.278. The summed E-state index contributed by atoms with van der Waals surface area (Å²) in [5.41, 5.74) is 1.47. The summed E-state index contributed by atoms with van der Waals surface area (Å²) in [6.45, 7) is 1.68. The van der Waals surface area contributed by atoms with Gasteiger partial charge in [-0.1, -0.05) is 12.1 Å². The lowest BCUT2D eigenvalue weighted by atomic mass is 10.1. The predicted octanol–water partition coefficient (Wildman–Crippen LogP) is 2.62. The van der Waals surface area contributed by atoms with Gasteiger partial charge in [0.25, 0.3) is 11.8 Å². The van der Waals surface area contributed by atoms with Crippen LogP contribution in [0.15, 0.2) is 48.5 Å². The molecule has 1 saturated heterocycles. The van der Waals surface area contributed by atoms with Crippen molar-refractivity contribution in [2.75, 3.05) is 18.1 Å². The van der Waals surface area contributed by atoms with Crippen molar-refractivity contribution in [2.24, 2.45) is 0 Å². The van der Waals surface area contributed by atoms with Crippen LogP contribution in [0.4, 0.5) is 5.69 Å². The summed E-state index contributed by atoms with van der Waals surface area (Å²) in [4.78, 5) is 26.1. The number of nitrogens with one attached hydrogen (secondary N) is 1. The lowest BCUT2D eigenvalue weighted by Crippen LogP contribution is -2.29. The summed E-state index contributed by atoms with van der Waals surface area (Å²) >= 11 is 0. The first-order chi connectivity index (χ1) is 11.7. The Bertz CT molecular complexity index is 744. The maximum atomic E-state index is 12.5. The largest absolute Gasteiger partial charge is 0.492 e. The third-order valence-electron chi connectivity index (χ3n) is 4.50. The quantitative estimate of drug-likeness (QED) is 0.879. The zero-order valence-corrected chi connectivity index (χ0v) is 13.2.